The maximum absolute atomic E-state index is 12.8. The Morgan fingerprint density at radius 2 is 1.12 bits per heavy atom. The number of rotatable bonds is 13. The second kappa shape index (κ2) is 15.3. The van der Waals surface area contributed by atoms with E-state index in [2.05, 4.69) is 133 Å². The number of nitro benzene ring substituents is 1. The first-order valence-electron chi connectivity index (χ1n) is 16.4. The van der Waals surface area contributed by atoms with Gasteiger partial charge in [0, 0.05) is 34.7 Å². The van der Waals surface area contributed by atoms with Crippen molar-refractivity contribution in [1.29, 1.82) is 0 Å². The summed E-state index contributed by atoms with van der Waals surface area (Å²) in [5.74, 6) is 1.73. The molecule has 0 aliphatic rings. The predicted molar refractivity (Wildman–Crippen MR) is 212 cm³/mol. The number of halogens is 2. The van der Waals surface area contributed by atoms with E-state index in [4.69, 9.17) is 18.0 Å². The van der Waals surface area contributed by atoms with Crippen molar-refractivity contribution in [3.63, 3.8) is 0 Å². The van der Waals surface area contributed by atoms with E-state index in [0.29, 0.717) is 6.42 Å². The SMILES string of the molecule is CC(C)(C)[Si](C)(C)Oc1cc(O[Si](C)(C)C(C)(C)C)c(C[C@H](Br)[C@H](Br)COC(=O)c2ccc([N+](=O)[O-])cc2)c(O[Si](C)(C)C(C)(C)C)c1. The zero-order valence-electron chi connectivity index (χ0n) is 31.6. The van der Waals surface area contributed by atoms with Crippen LogP contribution >= 0.6 is 31.9 Å². The van der Waals surface area contributed by atoms with Crippen LogP contribution in [0.1, 0.15) is 78.2 Å². The third kappa shape index (κ3) is 10.9. The van der Waals surface area contributed by atoms with Crippen molar-refractivity contribution in [3.05, 3.63) is 57.6 Å². The van der Waals surface area contributed by atoms with Gasteiger partial charge in [0.05, 0.1) is 15.3 Å². The Bertz CT molecular complexity index is 1400. The number of esters is 1. The van der Waals surface area contributed by atoms with Crippen molar-refractivity contribution in [2.45, 2.75) is 133 Å². The van der Waals surface area contributed by atoms with Crippen molar-refractivity contribution >= 4 is 68.5 Å². The smallest absolute Gasteiger partial charge is 0.338 e. The van der Waals surface area contributed by atoms with Gasteiger partial charge in [-0.1, -0.05) is 94.2 Å². The van der Waals surface area contributed by atoms with Crippen molar-refractivity contribution in [2.24, 2.45) is 0 Å². The number of benzene rings is 2. The second-order valence-electron chi connectivity index (χ2n) is 17.1. The van der Waals surface area contributed by atoms with E-state index in [9.17, 15) is 14.9 Å². The van der Waals surface area contributed by atoms with Gasteiger partial charge in [-0.3, -0.25) is 10.1 Å². The molecule has 0 radical (unpaired) electrons. The Morgan fingerprint density at radius 1 is 0.729 bits per heavy atom. The Balaban J connectivity index is 2.59. The largest absolute Gasteiger partial charge is 0.543 e. The molecule has 0 saturated carbocycles. The number of hydrogen-bond acceptors (Lipinski definition) is 7. The third-order valence-electron chi connectivity index (χ3n) is 10.1. The lowest BCUT2D eigenvalue weighted by atomic mass is 10.1. The summed E-state index contributed by atoms with van der Waals surface area (Å²) in [6.07, 6.45) is 0.527. The number of ether oxygens (including phenoxy) is 1. The van der Waals surface area contributed by atoms with Gasteiger partial charge in [-0.15, -0.1) is 0 Å². The van der Waals surface area contributed by atoms with Crippen LogP contribution in [0.4, 0.5) is 5.69 Å². The standard InChI is InChI=1S/C35H57Br2NO7Si3/c1-33(2,3)46(10,11)43-26-20-30(44-47(12,13)34(4,5)6)27(31(21-26)45-48(14,15)35(7,8)9)22-28(36)29(37)23-42-32(39)24-16-18-25(19-17-24)38(40)41/h16-21,28-29H,22-23H2,1-15H3/t28-,29+/m0/s1. The fourth-order valence-corrected chi connectivity index (χ4v) is 7.61. The Labute approximate surface area is 308 Å². The van der Waals surface area contributed by atoms with Crippen LogP contribution in [-0.4, -0.2) is 52.1 Å². The minimum Gasteiger partial charge on any atom is -0.543 e. The second-order valence-corrected chi connectivity index (χ2v) is 33.7. The van der Waals surface area contributed by atoms with Crippen molar-refractivity contribution in [2.75, 3.05) is 6.61 Å². The van der Waals surface area contributed by atoms with Gasteiger partial charge in [-0.2, -0.15) is 0 Å². The maximum Gasteiger partial charge on any atom is 0.338 e. The Hall–Kier alpha value is -1.68. The van der Waals surface area contributed by atoms with Crippen LogP contribution in [0, 0.1) is 10.1 Å². The number of alkyl halides is 2. The highest BCUT2D eigenvalue weighted by atomic mass is 79.9. The topological polar surface area (TPSA) is 97.1 Å². The molecule has 2 aromatic carbocycles. The zero-order chi connectivity index (χ0) is 37.3. The van der Waals surface area contributed by atoms with Gasteiger partial charge in [0.15, 0.2) is 0 Å². The van der Waals surface area contributed by atoms with Gasteiger partial charge >= 0.3 is 5.97 Å². The zero-order valence-corrected chi connectivity index (χ0v) is 37.8. The van der Waals surface area contributed by atoms with Gasteiger partial charge < -0.3 is 18.0 Å². The molecule has 0 spiro atoms. The lowest BCUT2D eigenvalue weighted by Crippen LogP contribution is -2.45. The molecule has 0 heterocycles. The summed E-state index contributed by atoms with van der Waals surface area (Å²) in [5.41, 5.74) is 1.11. The van der Waals surface area contributed by atoms with Crippen LogP contribution in [-0.2, 0) is 11.2 Å². The molecule has 8 nitrogen and oxygen atoms in total. The molecule has 0 N–H and O–H groups in total. The summed E-state index contributed by atoms with van der Waals surface area (Å²) in [5, 5.41) is 10.9. The molecule has 0 aromatic heterocycles. The highest BCUT2D eigenvalue weighted by molar-refractivity contribution is 9.12. The third-order valence-corrected chi connectivity index (χ3v) is 25.8. The lowest BCUT2D eigenvalue weighted by Gasteiger charge is -2.40. The van der Waals surface area contributed by atoms with E-state index in [0.717, 1.165) is 22.8 Å². The van der Waals surface area contributed by atoms with Crippen LogP contribution < -0.4 is 13.3 Å². The highest BCUT2D eigenvalue weighted by Gasteiger charge is 2.43. The lowest BCUT2D eigenvalue weighted by molar-refractivity contribution is -0.384. The molecular formula is C35H57Br2NO7Si3. The minimum atomic E-state index is -2.30. The molecular weight excluding hydrogens is 790 g/mol. The normalized spacial score (nSPS) is 14.6. The fraction of sp³-hybridized carbons (Fsp3) is 0.629. The summed E-state index contributed by atoms with van der Waals surface area (Å²) >= 11 is 7.63. The van der Waals surface area contributed by atoms with Crippen molar-refractivity contribution in [1.82, 2.24) is 0 Å². The van der Waals surface area contributed by atoms with E-state index in [-0.39, 0.29) is 42.6 Å². The number of nitro groups is 1. The summed E-state index contributed by atoms with van der Waals surface area (Å²) in [6, 6.07) is 9.48. The molecule has 0 fully saturated rings. The Kier molecular flexibility index (Phi) is 13.5. The average Bonchev–Trinajstić information content (AvgIpc) is 2.90. The number of nitrogens with zero attached hydrogens (tertiary/aromatic N) is 1. The Morgan fingerprint density at radius 3 is 1.50 bits per heavy atom. The number of hydrogen-bond donors (Lipinski definition) is 0. The minimum absolute atomic E-state index is 0.00259. The monoisotopic (exact) mass is 845 g/mol. The van der Waals surface area contributed by atoms with Gasteiger partial charge in [-0.05, 0) is 73.0 Å². The summed E-state index contributed by atoms with van der Waals surface area (Å²) in [4.78, 5) is 22.8. The highest BCUT2D eigenvalue weighted by Crippen LogP contribution is 2.47. The van der Waals surface area contributed by atoms with Gasteiger partial charge in [0.2, 0.25) is 25.0 Å². The van der Waals surface area contributed by atoms with Crippen LogP contribution in [0.2, 0.25) is 54.4 Å². The molecule has 0 bridgehead atoms. The maximum atomic E-state index is 12.8. The molecule has 0 saturated heterocycles. The van der Waals surface area contributed by atoms with E-state index >= 15 is 0 Å². The van der Waals surface area contributed by atoms with E-state index in [1.807, 2.05) is 12.1 Å². The quantitative estimate of drug-likeness (QED) is 0.0651. The molecule has 0 amide bonds. The van der Waals surface area contributed by atoms with Crippen molar-refractivity contribution < 1.29 is 27.7 Å². The summed E-state index contributed by atoms with van der Waals surface area (Å²) < 4.78 is 26.7. The fourth-order valence-electron chi connectivity index (χ4n) is 3.73. The molecule has 2 aromatic rings. The number of carbonyl (C=O) groups is 1. The van der Waals surface area contributed by atoms with E-state index in [1.165, 1.54) is 24.3 Å². The predicted octanol–water partition coefficient (Wildman–Crippen LogP) is 11.7. The van der Waals surface area contributed by atoms with E-state index in [1.54, 1.807) is 0 Å². The molecule has 0 unspecified atom stereocenters. The van der Waals surface area contributed by atoms with Crippen LogP contribution in [0.5, 0.6) is 17.2 Å². The van der Waals surface area contributed by atoms with Gasteiger partial charge in [0.1, 0.15) is 23.9 Å². The van der Waals surface area contributed by atoms with Crippen molar-refractivity contribution in [3.8, 4) is 17.2 Å². The first-order chi connectivity index (χ1) is 21.5. The van der Waals surface area contributed by atoms with Gasteiger partial charge in [-0.25, -0.2) is 4.79 Å². The molecule has 270 valence electrons. The van der Waals surface area contributed by atoms with E-state index < -0.39 is 35.8 Å². The number of non-ortho nitro benzene ring substituents is 1. The first-order valence-corrected chi connectivity index (χ1v) is 27.0. The summed E-state index contributed by atoms with van der Waals surface area (Å²) in [6.45, 7) is 33.6. The molecule has 0 aliphatic carbocycles. The number of carbonyl (C=O) groups excluding carboxylic acids is 1. The average molecular weight is 848 g/mol. The van der Waals surface area contributed by atoms with Crippen LogP contribution in [0.25, 0.3) is 0 Å². The first kappa shape index (κ1) is 42.5. The van der Waals surface area contributed by atoms with Crippen LogP contribution in [0.3, 0.4) is 0 Å². The van der Waals surface area contributed by atoms with Crippen LogP contribution in [0.15, 0.2) is 36.4 Å². The molecule has 2 rings (SSSR count). The molecule has 0 aliphatic heterocycles. The molecule has 13 heteroatoms. The summed E-state index contributed by atoms with van der Waals surface area (Å²) in [7, 11) is -6.79. The van der Waals surface area contributed by atoms with Gasteiger partial charge in [0.25, 0.3) is 5.69 Å². The molecule has 2 atom stereocenters. The molecule has 48 heavy (non-hydrogen) atoms.